The first-order valence-corrected chi connectivity index (χ1v) is 15.2. The van der Waals surface area contributed by atoms with Crippen LogP contribution in [-0.2, 0) is 0 Å². The lowest BCUT2D eigenvalue weighted by Crippen LogP contribution is -1.94. The normalized spacial score (nSPS) is 11.7. The van der Waals surface area contributed by atoms with E-state index < -0.39 is 0 Å². The molecule has 202 valence electrons. The van der Waals surface area contributed by atoms with Gasteiger partial charge in [0, 0.05) is 44.0 Å². The average Bonchev–Trinajstić information content (AvgIpc) is 3.79. The van der Waals surface area contributed by atoms with Gasteiger partial charge in [-0.15, -0.1) is 10.2 Å². The van der Waals surface area contributed by atoms with Crippen LogP contribution in [0, 0.1) is 0 Å². The van der Waals surface area contributed by atoms with E-state index in [9.17, 15) is 0 Å². The van der Waals surface area contributed by atoms with Crippen molar-refractivity contribution in [2.24, 2.45) is 0 Å². The van der Waals surface area contributed by atoms with E-state index >= 15 is 0 Å². The molecule has 0 fully saturated rings. The van der Waals surface area contributed by atoms with E-state index in [2.05, 4.69) is 155 Å². The lowest BCUT2D eigenvalue weighted by atomic mass is 10.1. The Morgan fingerprint density at radius 1 is 0.372 bits per heavy atom. The van der Waals surface area contributed by atoms with Crippen molar-refractivity contribution < 1.29 is 0 Å². The van der Waals surface area contributed by atoms with Crippen LogP contribution in [-0.4, -0.2) is 19.3 Å². The molecular formula is C38H24N4S. The van der Waals surface area contributed by atoms with Crippen LogP contribution in [0.15, 0.2) is 146 Å². The Morgan fingerprint density at radius 2 is 0.767 bits per heavy atom. The van der Waals surface area contributed by atoms with Crippen LogP contribution in [0.25, 0.3) is 76.1 Å². The Labute approximate surface area is 251 Å². The van der Waals surface area contributed by atoms with Gasteiger partial charge in [-0.2, -0.15) is 0 Å². The van der Waals surface area contributed by atoms with Gasteiger partial charge >= 0.3 is 0 Å². The van der Waals surface area contributed by atoms with E-state index in [-0.39, 0.29) is 0 Å². The van der Waals surface area contributed by atoms with Gasteiger partial charge in [-0.25, -0.2) is 0 Å². The molecule has 0 aliphatic heterocycles. The molecule has 9 aromatic rings. The van der Waals surface area contributed by atoms with Gasteiger partial charge in [-0.05, 0) is 48.5 Å². The summed E-state index contributed by atoms with van der Waals surface area (Å²) in [5, 5.41) is 16.3. The van der Waals surface area contributed by atoms with Crippen LogP contribution >= 0.6 is 11.3 Å². The number of para-hydroxylation sites is 6. The SMILES string of the molecule is c1ccc(-n2c3ccccc3c3cccc(-c4nnc(-c5cccc6c7ccccc7n(-c7ccccc7)c56)s4)c32)cc1. The van der Waals surface area contributed by atoms with E-state index in [0.29, 0.717) is 0 Å². The molecule has 43 heavy (non-hydrogen) atoms. The average molecular weight is 569 g/mol. The largest absolute Gasteiger partial charge is 0.309 e. The number of aromatic nitrogens is 4. The number of rotatable bonds is 4. The number of fused-ring (bicyclic) bond motifs is 6. The molecular weight excluding hydrogens is 545 g/mol. The fourth-order valence-electron chi connectivity index (χ4n) is 6.51. The molecule has 0 saturated carbocycles. The van der Waals surface area contributed by atoms with E-state index in [1.807, 2.05) is 0 Å². The van der Waals surface area contributed by atoms with Gasteiger partial charge in [-0.1, -0.05) is 108 Å². The topological polar surface area (TPSA) is 35.6 Å². The minimum Gasteiger partial charge on any atom is -0.309 e. The Morgan fingerprint density at radius 3 is 1.23 bits per heavy atom. The third-order valence-electron chi connectivity index (χ3n) is 8.30. The Balaban J connectivity index is 1.30. The second-order valence-corrected chi connectivity index (χ2v) is 11.7. The lowest BCUT2D eigenvalue weighted by molar-refractivity contribution is 1.10. The summed E-state index contributed by atoms with van der Waals surface area (Å²) < 4.78 is 4.71. The highest BCUT2D eigenvalue weighted by molar-refractivity contribution is 7.18. The quantitative estimate of drug-likeness (QED) is 0.212. The zero-order chi connectivity index (χ0) is 28.3. The molecule has 6 aromatic carbocycles. The van der Waals surface area contributed by atoms with Crippen LogP contribution in [0.4, 0.5) is 0 Å². The van der Waals surface area contributed by atoms with Gasteiger partial charge in [-0.3, -0.25) is 0 Å². The first-order chi connectivity index (χ1) is 21.4. The number of hydrogen-bond acceptors (Lipinski definition) is 3. The first kappa shape index (κ1) is 24.1. The Hall–Kier alpha value is -5.52. The molecule has 0 amide bonds. The van der Waals surface area contributed by atoms with Crippen molar-refractivity contribution in [3.63, 3.8) is 0 Å². The highest BCUT2D eigenvalue weighted by Gasteiger charge is 2.21. The number of nitrogens with zero attached hydrogens (tertiary/aromatic N) is 4. The predicted octanol–water partition coefficient (Wildman–Crippen LogP) is 10.1. The van der Waals surface area contributed by atoms with Crippen LogP contribution in [0.3, 0.4) is 0 Å². The van der Waals surface area contributed by atoms with E-state index in [0.717, 1.165) is 43.6 Å². The fourth-order valence-corrected chi connectivity index (χ4v) is 7.41. The zero-order valence-corrected chi connectivity index (χ0v) is 23.9. The monoisotopic (exact) mass is 568 g/mol. The summed E-state index contributed by atoms with van der Waals surface area (Å²) in [7, 11) is 0. The lowest BCUT2D eigenvalue weighted by Gasteiger charge is -2.10. The minimum atomic E-state index is 0.903. The summed E-state index contributed by atoms with van der Waals surface area (Å²) >= 11 is 1.65. The second-order valence-electron chi connectivity index (χ2n) is 10.7. The molecule has 9 rings (SSSR count). The van der Waals surface area contributed by atoms with Crippen molar-refractivity contribution >= 4 is 54.9 Å². The van der Waals surface area contributed by atoms with Crippen molar-refractivity contribution in [1.82, 2.24) is 19.3 Å². The van der Waals surface area contributed by atoms with Gasteiger partial charge in [0.2, 0.25) is 0 Å². The minimum absolute atomic E-state index is 0.903. The maximum Gasteiger partial charge on any atom is 0.150 e. The molecule has 0 spiro atoms. The highest BCUT2D eigenvalue weighted by atomic mass is 32.1. The van der Waals surface area contributed by atoms with Crippen molar-refractivity contribution in [3.8, 4) is 32.5 Å². The van der Waals surface area contributed by atoms with E-state index in [4.69, 9.17) is 10.2 Å². The van der Waals surface area contributed by atoms with Crippen molar-refractivity contribution in [1.29, 1.82) is 0 Å². The van der Waals surface area contributed by atoms with Gasteiger partial charge in [0.25, 0.3) is 0 Å². The van der Waals surface area contributed by atoms with Crippen LogP contribution in [0.5, 0.6) is 0 Å². The summed E-state index contributed by atoms with van der Waals surface area (Å²) in [6, 6.07) is 51.4. The van der Waals surface area contributed by atoms with Crippen molar-refractivity contribution in [2.75, 3.05) is 0 Å². The molecule has 0 unspecified atom stereocenters. The van der Waals surface area contributed by atoms with E-state index in [1.165, 1.54) is 32.6 Å². The summed E-state index contributed by atoms with van der Waals surface area (Å²) in [5.74, 6) is 0. The van der Waals surface area contributed by atoms with Crippen molar-refractivity contribution in [3.05, 3.63) is 146 Å². The number of hydrogen-bond donors (Lipinski definition) is 0. The maximum absolute atomic E-state index is 4.83. The predicted molar refractivity (Wildman–Crippen MR) is 179 cm³/mol. The molecule has 4 nitrogen and oxygen atoms in total. The highest BCUT2D eigenvalue weighted by Crippen LogP contribution is 2.42. The third kappa shape index (κ3) is 3.62. The van der Waals surface area contributed by atoms with Crippen LogP contribution < -0.4 is 0 Å². The van der Waals surface area contributed by atoms with Crippen LogP contribution in [0.1, 0.15) is 0 Å². The molecule has 0 saturated heterocycles. The van der Waals surface area contributed by atoms with Gasteiger partial charge in [0.15, 0.2) is 0 Å². The summed E-state index contributed by atoms with van der Waals surface area (Å²) in [6.07, 6.45) is 0. The maximum atomic E-state index is 4.83. The smallest absolute Gasteiger partial charge is 0.150 e. The zero-order valence-electron chi connectivity index (χ0n) is 23.1. The summed E-state index contributed by atoms with van der Waals surface area (Å²) in [4.78, 5) is 0. The Bertz CT molecular complexity index is 2280. The molecule has 3 heterocycles. The van der Waals surface area contributed by atoms with E-state index in [1.54, 1.807) is 11.3 Å². The third-order valence-corrected chi connectivity index (χ3v) is 9.29. The molecule has 0 radical (unpaired) electrons. The molecule has 5 heteroatoms. The standard InChI is InChI=1S/C38H24N4S/c1-3-13-25(14-4-1)41-33-23-9-7-17-27(33)29-19-11-21-31(35(29)41)37-39-40-38(43-37)32-22-12-20-30-28-18-8-10-24-34(28)42(36(30)32)26-15-5-2-6-16-26/h1-24H. The molecule has 0 atom stereocenters. The first-order valence-electron chi connectivity index (χ1n) is 14.4. The fraction of sp³-hybridized carbons (Fsp3) is 0. The summed E-state index contributed by atoms with van der Waals surface area (Å²) in [6.45, 7) is 0. The van der Waals surface area contributed by atoms with Crippen LogP contribution in [0.2, 0.25) is 0 Å². The van der Waals surface area contributed by atoms with Gasteiger partial charge in [0.05, 0.1) is 22.1 Å². The molecule has 0 aliphatic carbocycles. The Kier molecular flexibility index (Phi) is 5.33. The number of benzene rings is 6. The van der Waals surface area contributed by atoms with Crippen molar-refractivity contribution in [2.45, 2.75) is 0 Å². The second kappa shape index (κ2) is 9.51. The van der Waals surface area contributed by atoms with Gasteiger partial charge < -0.3 is 9.13 Å². The molecule has 0 bridgehead atoms. The van der Waals surface area contributed by atoms with Gasteiger partial charge in [0.1, 0.15) is 10.0 Å². The molecule has 0 aliphatic rings. The summed E-state index contributed by atoms with van der Waals surface area (Å²) in [5.41, 5.74) is 9.07. The molecule has 0 N–H and O–H groups in total. The molecule has 3 aromatic heterocycles.